The number of rotatable bonds is 3. The molecule has 3 aromatic rings. The van der Waals surface area contributed by atoms with Gasteiger partial charge in [0, 0.05) is 24.6 Å². The van der Waals surface area contributed by atoms with Gasteiger partial charge in [0.1, 0.15) is 17.4 Å². The van der Waals surface area contributed by atoms with Gasteiger partial charge in [0.05, 0.1) is 11.4 Å². The number of aryl methyl sites for hydroxylation is 4. The molecule has 1 N–H and O–H groups in total. The maximum absolute atomic E-state index is 13.1. The Morgan fingerprint density at radius 2 is 1.87 bits per heavy atom. The largest absolute Gasteiger partial charge is 0.443 e. The Bertz CT molecular complexity index is 1130. The number of aromatic nitrogens is 2. The third kappa shape index (κ3) is 3.68. The number of carbonyl (C=O) groups excluding carboxylic acids is 1. The first-order chi connectivity index (χ1) is 15.0. The third-order valence-corrected chi connectivity index (χ3v) is 6.97. The van der Waals surface area contributed by atoms with Crippen molar-refractivity contribution in [3.8, 4) is 0 Å². The molecule has 3 heterocycles. The second kappa shape index (κ2) is 7.98. The Kier molecular flexibility index (Phi) is 5.16. The van der Waals surface area contributed by atoms with Crippen LogP contribution in [0.2, 0.25) is 0 Å². The van der Waals surface area contributed by atoms with E-state index in [0.29, 0.717) is 11.5 Å². The number of nitrogens with one attached hydrogen (secondary N) is 1. The Balaban J connectivity index is 1.28. The molecule has 1 saturated heterocycles. The quantitative estimate of drug-likeness (QED) is 0.675. The highest BCUT2D eigenvalue weighted by Gasteiger charge is 2.30. The van der Waals surface area contributed by atoms with Crippen LogP contribution in [0.25, 0.3) is 11.1 Å². The summed E-state index contributed by atoms with van der Waals surface area (Å²) in [4.78, 5) is 24.6. The highest BCUT2D eigenvalue weighted by molar-refractivity contribution is 5.90. The molecule has 6 heteroatoms. The fourth-order valence-electron chi connectivity index (χ4n) is 5.11. The van der Waals surface area contributed by atoms with E-state index in [-0.39, 0.29) is 17.9 Å². The van der Waals surface area contributed by atoms with Crippen LogP contribution in [0.1, 0.15) is 60.0 Å². The molecular formula is C25H30N4O2. The molecule has 5 rings (SSSR count). The SMILES string of the molecule is Cc1nc(N2CCC(C(=O)NC3CCCc4ccccc43)CC2)c2c(C)c(C)oc2n1. The highest BCUT2D eigenvalue weighted by atomic mass is 16.3. The molecule has 31 heavy (non-hydrogen) atoms. The number of furan rings is 1. The lowest BCUT2D eigenvalue weighted by Gasteiger charge is -2.34. The first-order valence-electron chi connectivity index (χ1n) is 11.4. The topological polar surface area (TPSA) is 71.3 Å². The number of hydrogen-bond donors (Lipinski definition) is 1. The fraction of sp³-hybridized carbons (Fsp3) is 0.480. The molecule has 0 saturated carbocycles. The van der Waals surface area contributed by atoms with Crippen molar-refractivity contribution in [1.82, 2.24) is 15.3 Å². The lowest BCUT2D eigenvalue weighted by molar-refractivity contribution is -0.126. The van der Waals surface area contributed by atoms with Gasteiger partial charge in [0.25, 0.3) is 0 Å². The number of nitrogens with zero attached hydrogens (tertiary/aromatic N) is 3. The zero-order valence-electron chi connectivity index (χ0n) is 18.6. The minimum Gasteiger partial charge on any atom is -0.443 e. The van der Waals surface area contributed by atoms with Crippen molar-refractivity contribution in [3.63, 3.8) is 0 Å². The van der Waals surface area contributed by atoms with Gasteiger partial charge < -0.3 is 14.6 Å². The summed E-state index contributed by atoms with van der Waals surface area (Å²) in [6.45, 7) is 7.56. The number of anilines is 1. The smallest absolute Gasteiger partial charge is 0.231 e. The van der Waals surface area contributed by atoms with E-state index >= 15 is 0 Å². The van der Waals surface area contributed by atoms with Crippen LogP contribution in [0.5, 0.6) is 0 Å². The van der Waals surface area contributed by atoms with E-state index in [1.165, 1.54) is 11.1 Å². The van der Waals surface area contributed by atoms with Crippen LogP contribution in [-0.4, -0.2) is 29.0 Å². The van der Waals surface area contributed by atoms with Crippen LogP contribution in [-0.2, 0) is 11.2 Å². The molecule has 1 unspecified atom stereocenters. The number of benzene rings is 1. The average molecular weight is 419 g/mol. The van der Waals surface area contributed by atoms with Crippen molar-refractivity contribution in [2.24, 2.45) is 5.92 Å². The van der Waals surface area contributed by atoms with Gasteiger partial charge >= 0.3 is 0 Å². The number of amides is 1. The molecule has 2 aromatic heterocycles. The van der Waals surface area contributed by atoms with Crippen molar-refractivity contribution < 1.29 is 9.21 Å². The Morgan fingerprint density at radius 1 is 1.10 bits per heavy atom. The van der Waals surface area contributed by atoms with E-state index < -0.39 is 0 Å². The Labute approximate surface area is 183 Å². The van der Waals surface area contributed by atoms with Crippen LogP contribution >= 0.6 is 0 Å². The van der Waals surface area contributed by atoms with Gasteiger partial charge in [0.15, 0.2) is 0 Å². The van der Waals surface area contributed by atoms with Crippen LogP contribution < -0.4 is 10.2 Å². The summed E-state index contributed by atoms with van der Waals surface area (Å²) in [5.41, 5.74) is 4.43. The average Bonchev–Trinajstić information content (AvgIpc) is 3.06. The summed E-state index contributed by atoms with van der Waals surface area (Å²) in [6.07, 6.45) is 4.94. The number of carbonyl (C=O) groups is 1. The maximum atomic E-state index is 13.1. The second-order valence-corrected chi connectivity index (χ2v) is 8.97. The predicted octanol–water partition coefficient (Wildman–Crippen LogP) is 4.56. The predicted molar refractivity (Wildman–Crippen MR) is 121 cm³/mol. The molecule has 0 bridgehead atoms. The summed E-state index contributed by atoms with van der Waals surface area (Å²) >= 11 is 0. The molecule has 1 atom stereocenters. The van der Waals surface area contributed by atoms with E-state index in [1.807, 2.05) is 13.8 Å². The molecule has 2 aliphatic rings. The van der Waals surface area contributed by atoms with E-state index in [9.17, 15) is 4.79 Å². The number of fused-ring (bicyclic) bond motifs is 2. The zero-order chi connectivity index (χ0) is 21.5. The van der Waals surface area contributed by atoms with Crippen molar-refractivity contribution >= 4 is 22.8 Å². The lowest BCUT2D eigenvalue weighted by Crippen LogP contribution is -2.42. The zero-order valence-corrected chi connectivity index (χ0v) is 18.6. The molecule has 162 valence electrons. The van der Waals surface area contributed by atoms with Gasteiger partial charge in [-0.2, -0.15) is 4.98 Å². The van der Waals surface area contributed by atoms with E-state index in [0.717, 1.165) is 67.7 Å². The Hall–Kier alpha value is -2.89. The standard InChI is InChI=1S/C25H30N4O2/c1-15-16(2)31-25-22(15)23(26-17(3)27-25)29-13-11-19(12-14-29)24(30)28-21-10-6-8-18-7-4-5-9-20(18)21/h4-5,7,9,19,21H,6,8,10-14H2,1-3H3,(H,28,30). The minimum atomic E-state index is 0.0518. The highest BCUT2D eigenvalue weighted by Crippen LogP contribution is 2.34. The number of hydrogen-bond acceptors (Lipinski definition) is 5. The van der Waals surface area contributed by atoms with Crippen molar-refractivity contribution in [3.05, 3.63) is 52.5 Å². The third-order valence-electron chi connectivity index (χ3n) is 6.97. The van der Waals surface area contributed by atoms with Gasteiger partial charge in [0.2, 0.25) is 11.6 Å². The Morgan fingerprint density at radius 3 is 2.68 bits per heavy atom. The summed E-state index contributed by atoms with van der Waals surface area (Å²) < 4.78 is 5.84. The van der Waals surface area contributed by atoms with Crippen molar-refractivity contribution in [2.75, 3.05) is 18.0 Å². The second-order valence-electron chi connectivity index (χ2n) is 8.97. The van der Waals surface area contributed by atoms with Gasteiger partial charge in [-0.1, -0.05) is 24.3 Å². The van der Waals surface area contributed by atoms with Gasteiger partial charge in [-0.05, 0) is 64.0 Å². The van der Waals surface area contributed by atoms with Crippen molar-refractivity contribution in [2.45, 2.75) is 58.9 Å². The fourth-order valence-corrected chi connectivity index (χ4v) is 5.11. The van der Waals surface area contributed by atoms with E-state index in [2.05, 4.69) is 46.4 Å². The summed E-state index contributed by atoms with van der Waals surface area (Å²) in [6, 6.07) is 8.67. The van der Waals surface area contributed by atoms with Crippen LogP contribution in [0.3, 0.4) is 0 Å². The van der Waals surface area contributed by atoms with Crippen LogP contribution in [0, 0.1) is 26.7 Å². The molecule has 0 spiro atoms. The minimum absolute atomic E-state index is 0.0518. The van der Waals surface area contributed by atoms with Gasteiger partial charge in [-0.15, -0.1) is 0 Å². The van der Waals surface area contributed by atoms with E-state index in [1.54, 1.807) is 0 Å². The maximum Gasteiger partial charge on any atom is 0.231 e. The molecule has 6 nitrogen and oxygen atoms in total. The summed E-state index contributed by atoms with van der Waals surface area (Å²) in [5.74, 6) is 2.79. The molecular weight excluding hydrogens is 388 g/mol. The molecule has 1 aromatic carbocycles. The van der Waals surface area contributed by atoms with Gasteiger partial charge in [-0.25, -0.2) is 4.98 Å². The molecule has 1 amide bonds. The molecule has 1 fully saturated rings. The van der Waals surface area contributed by atoms with Crippen LogP contribution in [0.15, 0.2) is 28.7 Å². The molecule has 1 aliphatic carbocycles. The normalized spacial score (nSPS) is 19.5. The molecule has 1 aliphatic heterocycles. The van der Waals surface area contributed by atoms with Gasteiger partial charge in [-0.3, -0.25) is 4.79 Å². The monoisotopic (exact) mass is 418 g/mol. The summed E-state index contributed by atoms with van der Waals surface area (Å²) in [7, 11) is 0. The van der Waals surface area contributed by atoms with Crippen molar-refractivity contribution in [1.29, 1.82) is 0 Å². The first-order valence-corrected chi connectivity index (χ1v) is 11.4. The first kappa shape index (κ1) is 20.0. The summed E-state index contributed by atoms with van der Waals surface area (Å²) in [5, 5.41) is 4.36. The van der Waals surface area contributed by atoms with Crippen LogP contribution in [0.4, 0.5) is 5.82 Å². The lowest BCUT2D eigenvalue weighted by atomic mass is 9.87. The van der Waals surface area contributed by atoms with E-state index in [4.69, 9.17) is 9.40 Å². The number of piperidine rings is 1. The molecule has 0 radical (unpaired) electrons.